The minimum Gasteiger partial charge on any atom is -0.406 e. The number of carbonyl (C=O) groups is 2. The lowest BCUT2D eigenvalue weighted by Crippen LogP contribution is -2.38. The maximum Gasteiger partial charge on any atom is 0.573 e. The average Bonchev–Trinajstić information content (AvgIpc) is 3.44. The number of alkyl halides is 3. The number of aromatic nitrogens is 3. The van der Waals surface area contributed by atoms with E-state index in [0.717, 1.165) is 50.2 Å². The second-order valence-corrected chi connectivity index (χ2v) is 9.79. The van der Waals surface area contributed by atoms with Crippen LogP contribution >= 0.6 is 0 Å². The third-order valence-corrected chi connectivity index (χ3v) is 7.51. The second-order valence-electron chi connectivity index (χ2n) is 9.79. The fourth-order valence-corrected chi connectivity index (χ4v) is 5.56. The fourth-order valence-electron chi connectivity index (χ4n) is 5.56. The molecule has 2 saturated heterocycles. The summed E-state index contributed by atoms with van der Waals surface area (Å²) in [5.41, 5.74) is 2.55. The molecular weight excluding hydrogens is 475 g/mol. The molecule has 0 spiro atoms. The van der Waals surface area contributed by atoms with Crippen molar-refractivity contribution in [2.75, 3.05) is 26.2 Å². The summed E-state index contributed by atoms with van der Waals surface area (Å²) in [4.78, 5) is 29.7. The van der Waals surface area contributed by atoms with Crippen LogP contribution in [0.15, 0.2) is 30.3 Å². The number of nitrogens with one attached hydrogen (secondary N) is 1. The SMILES string of the molecule is O=C(C=Cc1ccc(OC(F)(F)F)cc1)N1CC[C@@H]2CN(C(=O)[C@H]3CCc4[nH]nnc4C3)C[C@@H]2CC1. The zero-order valence-electron chi connectivity index (χ0n) is 19.7. The molecule has 2 aliphatic heterocycles. The molecule has 5 rings (SSSR count). The zero-order valence-corrected chi connectivity index (χ0v) is 19.7. The monoisotopic (exact) mass is 503 g/mol. The number of likely N-dealkylation sites (tertiary alicyclic amines) is 2. The Morgan fingerprint density at radius 3 is 2.39 bits per heavy atom. The number of nitrogens with zero attached hydrogens (tertiary/aromatic N) is 4. The van der Waals surface area contributed by atoms with Crippen molar-refractivity contribution in [2.45, 2.75) is 38.5 Å². The van der Waals surface area contributed by atoms with E-state index in [-0.39, 0.29) is 23.5 Å². The molecule has 1 N–H and O–H groups in total. The van der Waals surface area contributed by atoms with Crippen molar-refractivity contribution in [3.8, 4) is 5.75 Å². The van der Waals surface area contributed by atoms with Crippen LogP contribution in [0.25, 0.3) is 6.08 Å². The summed E-state index contributed by atoms with van der Waals surface area (Å²) >= 11 is 0. The summed E-state index contributed by atoms with van der Waals surface area (Å²) in [6.07, 6.45) is 2.26. The molecule has 3 heterocycles. The third-order valence-electron chi connectivity index (χ3n) is 7.51. The Kier molecular flexibility index (Phi) is 6.72. The highest BCUT2D eigenvalue weighted by Crippen LogP contribution is 2.34. The maximum atomic E-state index is 13.2. The average molecular weight is 504 g/mol. The van der Waals surface area contributed by atoms with Gasteiger partial charge in [0.2, 0.25) is 11.8 Å². The maximum absolute atomic E-state index is 13.2. The van der Waals surface area contributed by atoms with E-state index in [4.69, 9.17) is 0 Å². The number of hydrogen-bond donors (Lipinski definition) is 1. The molecule has 11 heteroatoms. The van der Waals surface area contributed by atoms with Gasteiger partial charge in [0.1, 0.15) is 5.75 Å². The molecule has 3 atom stereocenters. The van der Waals surface area contributed by atoms with Crippen molar-refractivity contribution < 1.29 is 27.5 Å². The lowest BCUT2D eigenvalue weighted by Gasteiger charge is -2.26. The van der Waals surface area contributed by atoms with Crippen LogP contribution in [0.2, 0.25) is 0 Å². The molecule has 192 valence electrons. The number of amides is 2. The highest BCUT2D eigenvalue weighted by Gasteiger charge is 2.40. The van der Waals surface area contributed by atoms with Crippen LogP contribution in [-0.2, 0) is 22.4 Å². The van der Waals surface area contributed by atoms with E-state index in [9.17, 15) is 22.8 Å². The fraction of sp³-hybridized carbons (Fsp3) is 0.520. The lowest BCUT2D eigenvalue weighted by atomic mass is 9.89. The highest BCUT2D eigenvalue weighted by molar-refractivity contribution is 5.91. The van der Waals surface area contributed by atoms with Gasteiger partial charge >= 0.3 is 6.36 Å². The molecule has 3 aliphatic rings. The molecule has 36 heavy (non-hydrogen) atoms. The first-order chi connectivity index (χ1) is 17.2. The second kappa shape index (κ2) is 9.94. The van der Waals surface area contributed by atoms with E-state index < -0.39 is 6.36 Å². The lowest BCUT2D eigenvalue weighted by molar-refractivity contribution is -0.274. The van der Waals surface area contributed by atoms with Crippen LogP contribution in [0.5, 0.6) is 5.75 Å². The van der Waals surface area contributed by atoms with E-state index in [0.29, 0.717) is 36.9 Å². The van der Waals surface area contributed by atoms with Crippen molar-refractivity contribution in [1.29, 1.82) is 0 Å². The van der Waals surface area contributed by atoms with Crippen LogP contribution in [0.3, 0.4) is 0 Å². The first-order valence-electron chi connectivity index (χ1n) is 12.3. The van der Waals surface area contributed by atoms with Crippen molar-refractivity contribution in [3.05, 3.63) is 47.3 Å². The van der Waals surface area contributed by atoms with Crippen LogP contribution in [0, 0.1) is 17.8 Å². The van der Waals surface area contributed by atoms with Crippen LogP contribution in [-0.4, -0.2) is 69.6 Å². The number of hydrogen-bond acceptors (Lipinski definition) is 5. The van der Waals surface area contributed by atoms with Gasteiger partial charge in [0, 0.05) is 44.6 Å². The van der Waals surface area contributed by atoms with E-state index in [1.807, 2.05) is 9.80 Å². The summed E-state index contributed by atoms with van der Waals surface area (Å²) in [5.74, 6) is 0.501. The largest absolute Gasteiger partial charge is 0.573 e. The molecule has 1 aromatic heterocycles. The number of rotatable bonds is 4. The van der Waals surface area contributed by atoms with E-state index in [1.54, 1.807) is 6.08 Å². The predicted molar refractivity (Wildman–Crippen MR) is 123 cm³/mol. The van der Waals surface area contributed by atoms with Gasteiger partial charge < -0.3 is 14.5 Å². The number of fused-ring (bicyclic) bond motifs is 2. The third kappa shape index (κ3) is 5.55. The smallest absolute Gasteiger partial charge is 0.406 e. The van der Waals surface area contributed by atoms with Crippen molar-refractivity contribution >= 4 is 17.9 Å². The molecule has 2 fully saturated rings. The molecule has 1 aromatic carbocycles. The number of halogens is 3. The summed E-state index contributed by atoms with van der Waals surface area (Å²) in [6, 6.07) is 5.38. The van der Waals surface area contributed by atoms with Crippen LogP contribution in [0.1, 0.15) is 36.2 Å². The van der Waals surface area contributed by atoms with Crippen molar-refractivity contribution in [1.82, 2.24) is 25.2 Å². The van der Waals surface area contributed by atoms with Gasteiger partial charge in [-0.1, -0.05) is 17.3 Å². The normalized spacial score (nSPS) is 24.4. The first kappa shape index (κ1) is 24.3. The summed E-state index contributed by atoms with van der Waals surface area (Å²) in [5, 5.41) is 10.9. The van der Waals surface area contributed by atoms with Gasteiger partial charge in [-0.05, 0) is 61.3 Å². The van der Waals surface area contributed by atoms with E-state index in [1.165, 1.54) is 30.3 Å². The van der Waals surface area contributed by atoms with Gasteiger partial charge in [-0.25, -0.2) is 0 Å². The standard InChI is InChI=1S/C25H28F3N5O3/c26-25(27,28)36-20-5-1-16(2-6-20)3-8-23(34)32-11-9-18-14-33(15-19(18)10-12-32)24(35)17-4-7-21-22(13-17)30-31-29-21/h1-3,5-6,8,17-19H,4,7,9-15H2,(H,29,30,31)/t17-,18-,19+/m0/s1. The van der Waals surface area contributed by atoms with Crippen molar-refractivity contribution in [3.63, 3.8) is 0 Å². The summed E-state index contributed by atoms with van der Waals surface area (Å²) < 4.78 is 40.7. The predicted octanol–water partition coefficient (Wildman–Crippen LogP) is 3.22. The Hall–Kier alpha value is -3.37. The number of aromatic amines is 1. The number of carbonyl (C=O) groups excluding carboxylic acids is 2. The molecule has 0 saturated carbocycles. The Bertz CT molecular complexity index is 1110. The molecule has 0 bridgehead atoms. The highest BCUT2D eigenvalue weighted by atomic mass is 19.4. The summed E-state index contributed by atoms with van der Waals surface area (Å²) in [6.45, 7) is 2.71. The molecule has 2 aromatic rings. The van der Waals surface area contributed by atoms with Gasteiger partial charge in [0.05, 0.1) is 11.4 Å². The molecule has 8 nitrogen and oxygen atoms in total. The van der Waals surface area contributed by atoms with E-state index in [2.05, 4.69) is 20.1 Å². The Morgan fingerprint density at radius 2 is 1.72 bits per heavy atom. The molecule has 0 unspecified atom stereocenters. The molecule has 0 radical (unpaired) electrons. The van der Waals surface area contributed by atoms with Crippen molar-refractivity contribution in [2.24, 2.45) is 17.8 Å². The molecule has 1 aliphatic carbocycles. The first-order valence-corrected chi connectivity index (χ1v) is 12.3. The molecule has 2 amide bonds. The topological polar surface area (TPSA) is 91.4 Å². The number of benzene rings is 1. The van der Waals surface area contributed by atoms with Gasteiger partial charge in [0.25, 0.3) is 0 Å². The Labute approximate surface area is 206 Å². The number of aryl methyl sites for hydroxylation is 1. The van der Waals surface area contributed by atoms with Gasteiger partial charge in [-0.3, -0.25) is 14.7 Å². The van der Waals surface area contributed by atoms with Crippen LogP contribution in [0.4, 0.5) is 13.2 Å². The van der Waals surface area contributed by atoms with Gasteiger partial charge in [-0.2, -0.15) is 0 Å². The van der Waals surface area contributed by atoms with Gasteiger partial charge in [0.15, 0.2) is 0 Å². The quantitative estimate of drug-likeness (QED) is 0.647. The Morgan fingerprint density at radius 1 is 1.03 bits per heavy atom. The zero-order chi connectivity index (χ0) is 25.3. The minimum atomic E-state index is -4.74. The molecular formula is C25H28F3N5O3. The van der Waals surface area contributed by atoms with Crippen LogP contribution < -0.4 is 4.74 Å². The number of ether oxygens (including phenoxy) is 1. The Balaban J connectivity index is 1.11. The van der Waals surface area contributed by atoms with Gasteiger partial charge in [-0.15, -0.1) is 18.3 Å². The number of H-pyrrole nitrogens is 1. The van der Waals surface area contributed by atoms with E-state index >= 15 is 0 Å². The summed E-state index contributed by atoms with van der Waals surface area (Å²) in [7, 11) is 0. The minimum absolute atomic E-state index is 0.0396.